The monoisotopic (exact) mass is 322 g/mol. The van der Waals surface area contributed by atoms with E-state index in [-0.39, 0.29) is 11.7 Å². The van der Waals surface area contributed by atoms with Crippen LogP contribution >= 0.6 is 0 Å². The van der Waals surface area contributed by atoms with E-state index in [1.807, 2.05) is 37.3 Å². The summed E-state index contributed by atoms with van der Waals surface area (Å²) in [6.07, 6.45) is 0.985. The highest BCUT2D eigenvalue weighted by Gasteiger charge is 2.44. The summed E-state index contributed by atoms with van der Waals surface area (Å²) in [7, 11) is 3.72. The molecule has 0 fully saturated rings. The van der Waals surface area contributed by atoms with Crippen LogP contribution in [0.3, 0.4) is 0 Å². The van der Waals surface area contributed by atoms with Gasteiger partial charge in [-0.25, -0.2) is 4.39 Å². The number of rotatable bonds is 7. The minimum absolute atomic E-state index is 0.271. The van der Waals surface area contributed by atoms with E-state index in [0.29, 0.717) is 0 Å². The molecular formula is C16H19FN2O4. The standard InChI is InChI=1S/C16H19FN2O4/c1-11(12-8-6-5-7-9-12)19-14(13(17)10-18-19)15(20)16(21-2,22-3)23-4/h5-11H,1-4H3/t11-/m1/s1. The van der Waals surface area contributed by atoms with Gasteiger partial charge in [-0.05, 0) is 12.5 Å². The lowest BCUT2D eigenvalue weighted by Crippen LogP contribution is -2.46. The Bertz CT molecular complexity index is 660. The lowest BCUT2D eigenvalue weighted by atomic mass is 10.1. The minimum atomic E-state index is -2.02. The van der Waals surface area contributed by atoms with E-state index in [1.165, 1.54) is 26.0 Å². The van der Waals surface area contributed by atoms with Crippen LogP contribution in [0.5, 0.6) is 0 Å². The fourth-order valence-electron chi connectivity index (χ4n) is 2.39. The van der Waals surface area contributed by atoms with Gasteiger partial charge in [-0.1, -0.05) is 30.3 Å². The molecule has 124 valence electrons. The molecule has 7 heteroatoms. The third-order valence-electron chi connectivity index (χ3n) is 3.70. The van der Waals surface area contributed by atoms with Crippen molar-refractivity contribution in [3.8, 4) is 0 Å². The molecule has 0 bridgehead atoms. The first-order chi connectivity index (χ1) is 11.0. The molecule has 0 aliphatic carbocycles. The van der Waals surface area contributed by atoms with Crippen LogP contribution < -0.4 is 0 Å². The zero-order valence-corrected chi connectivity index (χ0v) is 13.4. The molecule has 0 spiro atoms. The summed E-state index contributed by atoms with van der Waals surface area (Å²) < 4.78 is 30.5. The number of benzene rings is 1. The van der Waals surface area contributed by atoms with Crippen LogP contribution in [0.4, 0.5) is 4.39 Å². The normalized spacial score (nSPS) is 13.1. The van der Waals surface area contributed by atoms with Crippen LogP contribution in [0.2, 0.25) is 0 Å². The molecule has 2 rings (SSSR count). The van der Waals surface area contributed by atoms with E-state index in [1.54, 1.807) is 0 Å². The van der Waals surface area contributed by atoms with E-state index in [4.69, 9.17) is 14.2 Å². The quantitative estimate of drug-likeness (QED) is 0.578. The summed E-state index contributed by atoms with van der Waals surface area (Å²) in [6.45, 7) is 1.81. The summed E-state index contributed by atoms with van der Waals surface area (Å²) in [5.74, 6) is -3.59. The number of ether oxygens (including phenoxy) is 3. The molecule has 0 aliphatic rings. The zero-order valence-electron chi connectivity index (χ0n) is 13.4. The maximum atomic E-state index is 14.2. The van der Waals surface area contributed by atoms with Gasteiger partial charge in [0.05, 0.1) is 12.2 Å². The number of carbonyl (C=O) groups excluding carboxylic acids is 1. The zero-order chi connectivity index (χ0) is 17.0. The molecule has 1 heterocycles. The fourth-order valence-corrected chi connectivity index (χ4v) is 2.39. The number of nitrogens with zero attached hydrogens (tertiary/aromatic N) is 2. The molecule has 0 saturated heterocycles. The van der Waals surface area contributed by atoms with Gasteiger partial charge in [0.2, 0.25) is 0 Å². The van der Waals surface area contributed by atoms with Crippen molar-refractivity contribution >= 4 is 5.78 Å². The first-order valence-electron chi connectivity index (χ1n) is 6.99. The van der Waals surface area contributed by atoms with Crippen molar-refractivity contribution in [1.29, 1.82) is 0 Å². The van der Waals surface area contributed by atoms with Crippen molar-refractivity contribution in [2.45, 2.75) is 18.9 Å². The molecule has 2 aromatic rings. The number of Topliss-reactive ketones (excluding diaryl/α,β-unsaturated/α-hetero) is 1. The smallest absolute Gasteiger partial charge is 0.324 e. The molecule has 0 N–H and O–H groups in total. The average Bonchev–Trinajstić information content (AvgIpc) is 2.98. The Morgan fingerprint density at radius 2 is 1.74 bits per heavy atom. The summed E-state index contributed by atoms with van der Waals surface area (Å²) in [6, 6.07) is 8.97. The second-order valence-corrected chi connectivity index (χ2v) is 4.87. The Kier molecular flexibility index (Phi) is 5.25. The molecule has 0 radical (unpaired) electrons. The molecule has 1 atom stereocenters. The van der Waals surface area contributed by atoms with Crippen molar-refractivity contribution in [2.75, 3.05) is 21.3 Å². The van der Waals surface area contributed by atoms with Gasteiger partial charge < -0.3 is 14.2 Å². The fraction of sp³-hybridized carbons (Fsp3) is 0.375. The molecule has 0 saturated carbocycles. The Hall–Kier alpha value is -2.09. The predicted octanol–water partition coefficient (Wildman–Crippen LogP) is 2.41. The van der Waals surface area contributed by atoms with Crippen molar-refractivity contribution < 1.29 is 23.4 Å². The number of hydrogen-bond donors (Lipinski definition) is 0. The van der Waals surface area contributed by atoms with Gasteiger partial charge in [0, 0.05) is 21.3 Å². The minimum Gasteiger partial charge on any atom is -0.324 e. The van der Waals surface area contributed by atoms with Crippen LogP contribution in [0, 0.1) is 5.82 Å². The van der Waals surface area contributed by atoms with Gasteiger partial charge in [-0.2, -0.15) is 5.10 Å². The molecule has 6 nitrogen and oxygen atoms in total. The van der Waals surface area contributed by atoms with Crippen LogP contribution in [-0.2, 0) is 14.2 Å². The van der Waals surface area contributed by atoms with E-state index in [9.17, 15) is 9.18 Å². The van der Waals surface area contributed by atoms with Crippen molar-refractivity contribution in [2.24, 2.45) is 0 Å². The van der Waals surface area contributed by atoms with Crippen LogP contribution in [0.1, 0.15) is 29.0 Å². The summed E-state index contributed by atoms with van der Waals surface area (Å²) in [4.78, 5) is 12.7. The van der Waals surface area contributed by atoms with Crippen LogP contribution in [0.25, 0.3) is 0 Å². The molecule has 0 amide bonds. The maximum Gasteiger partial charge on any atom is 0.352 e. The van der Waals surface area contributed by atoms with Crippen molar-refractivity contribution in [3.05, 3.63) is 53.6 Å². The first-order valence-corrected chi connectivity index (χ1v) is 6.99. The predicted molar refractivity (Wildman–Crippen MR) is 80.5 cm³/mol. The van der Waals surface area contributed by atoms with Crippen LogP contribution in [-0.4, -0.2) is 42.9 Å². The van der Waals surface area contributed by atoms with Gasteiger partial charge >= 0.3 is 5.97 Å². The van der Waals surface area contributed by atoms with Gasteiger partial charge in [0.15, 0.2) is 5.82 Å². The summed E-state index contributed by atoms with van der Waals surface area (Å²) in [5, 5.41) is 3.98. The van der Waals surface area contributed by atoms with Gasteiger partial charge in [-0.3, -0.25) is 9.48 Å². The lowest BCUT2D eigenvalue weighted by molar-refractivity contribution is -0.312. The van der Waals surface area contributed by atoms with Gasteiger partial charge in [-0.15, -0.1) is 0 Å². The number of hydrogen-bond acceptors (Lipinski definition) is 5. The Morgan fingerprint density at radius 1 is 1.17 bits per heavy atom. The number of methoxy groups -OCH3 is 3. The lowest BCUT2D eigenvalue weighted by Gasteiger charge is -2.27. The number of aromatic nitrogens is 2. The average molecular weight is 322 g/mol. The van der Waals surface area contributed by atoms with Crippen molar-refractivity contribution in [1.82, 2.24) is 9.78 Å². The largest absolute Gasteiger partial charge is 0.352 e. The topological polar surface area (TPSA) is 62.6 Å². The maximum absolute atomic E-state index is 14.2. The Balaban J connectivity index is 2.49. The van der Waals surface area contributed by atoms with E-state index in [2.05, 4.69) is 5.10 Å². The number of carbonyl (C=O) groups is 1. The Labute approximate surface area is 133 Å². The van der Waals surface area contributed by atoms with E-state index < -0.39 is 17.6 Å². The van der Waals surface area contributed by atoms with E-state index in [0.717, 1.165) is 11.8 Å². The highest BCUT2D eigenvalue weighted by Crippen LogP contribution is 2.26. The molecule has 0 aliphatic heterocycles. The van der Waals surface area contributed by atoms with E-state index >= 15 is 0 Å². The van der Waals surface area contributed by atoms with Crippen molar-refractivity contribution in [3.63, 3.8) is 0 Å². The SMILES string of the molecule is COC(OC)(OC)C(=O)c1c(F)cnn1[C@H](C)c1ccccc1. The van der Waals surface area contributed by atoms with Gasteiger partial charge in [0.1, 0.15) is 5.69 Å². The summed E-state index contributed by atoms with van der Waals surface area (Å²) >= 11 is 0. The third-order valence-corrected chi connectivity index (χ3v) is 3.70. The number of halogens is 1. The summed E-state index contributed by atoms with van der Waals surface area (Å²) in [5.41, 5.74) is 0.606. The molecule has 0 unspecified atom stereocenters. The molecule has 1 aromatic heterocycles. The highest BCUT2D eigenvalue weighted by atomic mass is 19.1. The number of ketones is 1. The molecule has 1 aromatic carbocycles. The second kappa shape index (κ2) is 6.99. The van der Waals surface area contributed by atoms with Crippen LogP contribution in [0.15, 0.2) is 36.5 Å². The molecular weight excluding hydrogens is 303 g/mol. The highest BCUT2D eigenvalue weighted by molar-refractivity contribution is 5.99. The second-order valence-electron chi connectivity index (χ2n) is 4.87. The van der Waals surface area contributed by atoms with Gasteiger partial charge in [0.25, 0.3) is 5.78 Å². The third kappa shape index (κ3) is 3.03. The molecule has 23 heavy (non-hydrogen) atoms. The Morgan fingerprint density at radius 3 is 2.26 bits per heavy atom. The first kappa shape index (κ1) is 17.3.